The maximum Gasteiger partial charge on any atom is 0.0446 e. The fraction of sp³-hybridized carbons (Fsp3) is 0.556. The molecule has 0 aromatic carbocycles. The molecule has 66 valence electrons. The minimum absolute atomic E-state index is 0.579. The van der Waals surface area contributed by atoms with Crippen molar-refractivity contribution in [2.45, 2.75) is 18.2 Å². The van der Waals surface area contributed by atoms with Crippen molar-refractivity contribution in [3.05, 3.63) is 22.4 Å². The normalized spacial score (nSPS) is 30.4. The second-order valence-corrected chi connectivity index (χ2v) is 5.33. The first-order valence-electron chi connectivity index (χ1n) is 4.25. The summed E-state index contributed by atoms with van der Waals surface area (Å²) in [5.74, 6) is 1.25. The van der Waals surface area contributed by atoms with Gasteiger partial charge in [-0.25, -0.2) is 0 Å². The number of thioether (sulfide) groups is 1. The van der Waals surface area contributed by atoms with Crippen LogP contribution in [0.5, 0.6) is 0 Å². The van der Waals surface area contributed by atoms with Gasteiger partial charge in [0.1, 0.15) is 0 Å². The molecule has 2 heterocycles. The van der Waals surface area contributed by atoms with E-state index in [4.69, 9.17) is 0 Å². The maximum absolute atomic E-state index is 3.56. The number of rotatable bonds is 1. The molecule has 2 rings (SSSR count). The molecular formula is C9H13NS2. The lowest BCUT2D eigenvalue weighted by molar-refractivity contribution is 0.536. The molecule has 1 aliphatic rings. The molecule has 1 aromatic rings. The Morgan fingerprint density at radius 2 is 2.50 bits per heavy atom. The number of hydrogen-bond donors (Lipinski definition) is 1. The minimum Gasteiger partial charge on any atom is -0.308 e. The topological polar surface area (TPSA) is 12.0 Å². The van der Waals surface area contributed by atoms with E-state index in [2.05, 4.69) is 40.8 Å². The lowest BCUT2D eigenvalue weighted by Crippen LogP contribution is -2.35. The molecule has 0 saturated carbocycles. The average molecular weight is 199 g/mol. The van der Waals surface area contributed by atoms with Crippen LogP contribution < -0.4 is 5.32 Å². The van der Waals surface area contributed by atoms with Gasteiger partial charge in [-0.05, 0) is 22.4 Å². The summed E-state index contributed by atoms with van der Waals surface area (Å²) in [7, 11) is 0. The van der Waals surface area contributed by atoms with Gasteiger partial charge in [-0.15, -0.1) is 0 Å². The Morgan fingerprint density at radius 3 is 3.17 bits per heavy atom. The van der Waals surface area contributed by atoms with Gasteiger partial charge in [-0.3, -0.25) is 0 Å². The summed E-state index contributed by atoms with van der Waals surface area (Å²) >= 11 is 3.85. The molecule has 1 aliphatic heterocycles. The zero-order chi connectivity index (χ0) is 8.39. The van der Waals surface area contributed by atoms with Crippen molar-refractivity contribution in [1.29, 1.82) is 0 Å². The average Bonchev–Trinajstić information content (AvgIpc) is 2.57. The predicted octanol–water partition coefficient (Wildman–Crippen LogP) is 2.51. The van der Waals surface area contributed by atoms with Crippen molar-refractivity contribution in [2.75, 3.05) is 12.3 Å². The van der Waals surface area contributed by atoms with Crippen LogP contribution in [-0.2, 0) is 0 Å². The van der Waals surface area contributed by atoms with Crippen molar-refractivity contribution in [1.82, 2.24) is 5.32 Å². The van der Waals surface area contributed by atoms with Crippen molar-refractivity contribution in [3.63, 3.8) is 0 Å². The lowest BCUT2D eigenvalue weighted by atomic mass is 10.1. The standard InChI is InChI=1S/C9H13NS2/c1-7-9(10-3-5-12-7)8-2-4-11-6-8/h2,4,6-7,9-10H,3,5H2,1H3. The molecule has 1 aromatic heterocycles. The summed E-state index contributed by atoms with van der Waals surface area (Å²) in [5, 5.41) is 8.68. The summed E-state index contributed by atoms with van der Waals surface area (Å²) in [5.41, 5.74) is 1.46. The molecule has 12 heavy (non-hydrogen) atoms. The first kappa shape index (κ1) is 8.60. The van der Waals surface area contributed by atoms with Crippen LogP contribution in [0, 0.1) is 0 Å². The summed E-state index contributed by atoms with van der Waals surface area (Å²) in [6.45, 7) is 3.45. The monoisotopic (exact) mass is 199 g/mol. The third kappa shape index (κ3) is 1.68. The van der Waals surface area contributed by atoms with Gasteiger partial charge in [0.2, 0.25) is 0 Å². The molecule has 1 N–H and O–H groups in total. The first-order valence-corrected chi connectivity index (χ1v) is 6.24. The van der Waals surface area contributed by atoms with Crippen molar-refractivity contribution in [3.8, 4) is 0 Å². The highest BCUT2D eigenvalue weighted by atomic mass is 32.2. The summed E-state index contributed by atoms with van der Waals surface area (Å²) < 4.78 is 0. The smallest absolute Gasteiger partial charge is 0.0446 e. The number of thiophene rings is 1. The SMILES string of the molecule is CC1SCCNC1c1ccsc1. The molecule has 2 atom stereocenters. The van der Waals surface area contributed by atoms with E-state index in [1.807, 2.05) is 0 Å². The van der Waals surface area contributed by atoms with Gasteiger partial charge >= 0.3 is 0 Å². The van der Waals surface area contributed by atoms with E-state index in [-0.39, 0.29) is 0 Å². The van der Waals surface area contributed by atoms with E-state index >= 15 is 0 Å². The summed E-state index contributed by atoms with van der Waals surface area (Å²) in [4.78, 5) is 0. The van der Waals surface area contributed by atoms with E-state index in [0.717, 1.165) is 6.54 Å². The van der Waals surface area contributed by atoms with Crippen LogP contribution in [-0.4, -0.2) is 17.5 Å². The molecule has 3 heteroatoms. The second-order valence-electron chi connectivity index (χ2n) is 3.06. The van der Waals surface area contributed by atoms with Crippen LogP contribution in [0.4, 0.5) is 0 Å². The Morgan fingerprint density at radius 1 is 1.58 bits per heavy atom. The van der Waals surface area contributed by atoms with Gasteiger partial charge in [-0.2, -0.15) is 23.1 Å². The molecule has 1 fully saturated rings. The van der Waals surface area contributed by atoms with Crippen molar-refractivity contribution < 1.29 is 0 Å². The quantitative estimate of drug-likeness (QED) is 0.746. The van der Waals surface area contributed by atoms with Gasteiger partial charge in [0.05, 0.1) is 0 Å². The number of hydrogen-bond acceptors (Lipinski definition) is 3. The largest absolute Gasteiger partial charge is 0.308 e. The summed E-state index contributed by atoms with van der Waals surface area (Å²) in [6, 6.07) is 2.81. The van der Waals surface area contributed by atoms with Crippen LogP contribution in [0.2, 0.25) is 0 Å². The molecule has 1 nitrogen and oxygen atoms in total. The number of nitrogens with one attached hydrogen (secondary N) is 1. The molecule has 0 radical (unpaired) electrons. The van der Waals surface area contributed by atoms with Crippen LogP contribution in [0.1, 0.15) is 18.5 Å². The van der Waals surface area contributed by atoms with Crippen molar-refractivity contribution in [2.24, 2.45) is 0 Å². The molecule has 0 aliphatic carbocycles. The van der Waals surface area contributed by atoms with E-state index in [1.54, 1.807) is 11.3 Å². The van der Waals surface area contributed by atoms with Crippen LogP contribution in [0.3, 0.4) is 0 Å². The highest BCUT2D eigenvalue weighted by Gasteiger charge is 2.22. The van der Waals surface area contributed by atoms with Crippen LogP contribution >= 0.6 is 23.1 Å². The highest BCUT2D eigenvalue weighted by molar-refractivity contribution is 8.00. The zero-order valence-corrected chi connectivity index (χ0v) is 8.75. The maximum atomic E-state index is 3.56. The first-order chi connectivity index (χ1) is 5.88. The Bertz CT molecular complexity index is 233. The Kier molecular flexibility index (Phi) is 2.73. The fourth-order valence-corrected chi connectivity index (χ4v) is 3.31. The molecule has 0 amide bonds. The minimum atomic E-state index is 0.579. The lowest BCUT2D eigenvalue weighted by Gasteiger charge is -2.29. The predicted molar refractivity (Wildman–Crippen MR) is 57.0 cm³/mol. The van der Waals surface area contributed by atoms with E-state index in [0.29, 0.717) is 11.3 Å². The second kappa shape index (κ2) is 3.81. The molecule has 2 unspecified atom stereocenters. The molecule has 1 saturated heterocycles. The molecular weight excluding hydrogens is 186 g/mol. The summed E-state index contributed by atoms with van der Waals surface area (Å²) in [6.07, 6.45) is 0. The van der Waals surface area contributed by atoms with Crippen LogP contribution in [0.15, 0.2) is 16.8 Å². The van der Waals surface area contributed by atoms with Gasteiger partial charge < -0.3 is 5.32 Å². The van der Waals surface area contributed by atoms with Gasteiger partial charge in [-0.1, -0.05) is 6.92 Å². The van der Waals surface area contributed by atoms with E-state index in [9.17, 15) is 0 Å². The van der Waals surface area contributed by atoms with E-state index < -0.39 is 0 Å². The van der Waals surface area contributed by atoms with Gasteiger partial charge in [0.15, 0.2) is 0 Å². The van der Waals surface area contributed by atoms with E-state index in [1.165, 1.54) is 11.3 Å². The van der Waals surface area contributed by atoms with Crippen molar-refractivity contribution >= 4 is 23.1 Å². The Labute approximate surface area is 81.6 Å². The highest BCUT2D eigenvalue weighted by Crippen LogP contribution is 2.30. The fourth-order valence-electron chi connectivity index (χ4n) is 1.56. The molecule has 0 bridgehead atoms. The Balaban J connectivity index is 2.11. The third-order valence-corrected chi connectivity index (χ3v) is 4.16. The Hall–Kier alpha value is 0.01000. The zero-order valence-electron chi connectivity index (χ0n) is 7.12. The van der Waals surface area contributed by atoms with Crippen LogP contribution in [0.25, 0.3) is 0 Å². The van der Waals surface area contributed by atoms with Gasteiger partial charge in [0, 0.05) is 23.6 Å². The van der Waals surface area contributed by atoms with Gasteiger partial charge in [0.25, 0.3) is 0 Å². The third-order valence-electron chi connectivity index (χ3n) is 2.22. The molecule has 0 spiro atoms.